The van der Waals surface area contributed by atoms with Crippen LogP contribution in [0.1, 0.15) is 12.0 Å². The van der Waals surface area contributed by atoms with Crippen molar-refractivity contribution in [3.8, 4) is 5.75 Å². The zero-order chi connectivity index (χ0) is 11.0. The summed E-state index contributed by atoms with van der Waals surface area (Å²) in [6.07, 6.45) is 2.26. The van der Waals surface area contributed by atoms with Gasteiger partial charge < -0.3 is 9.47 Å². The lowest BCUT2D eigenvalue weighted by Crippen LogP contribution is -2.56. The number of nitrogens with zero attached hydrogens (tertiary/aromatic N) is 1. The van der Waals surface area contributed by atoms with Crippen molar-refractivity contribution in [1.82, 2.24) is 4.90 Å². The first kappa shape index (κ1) is 10.1. The molecule has 3 aliphatic rings. The van der Waals surface area contributed by atoms with Crippen LogP contribution in [0.4, 0.5) is 0 Å². The van der Waals surface area contributed by atoms with E-state index in [4.69, 9.17) is 9.47 Å². The highest BCUT2D eigenvalue weighted by molar-refractivity contribution is 5.27. The zero-order valence-corrected chi connectivity index (χ0v) is 9.56. The molecule has 2 bridgehead atoms. The third-order valence-corrected chi connectivity index (χ3v) is 3.40. The van der Waals surface area contributed by atoms with Crippen LogP contribution in [0.3, 0.4) is 0 Å². The maximum Gasteiger partial charge on any atom is 0.118 e. The number of benzene rings is 1. The van der Waals surface area contributed by atoms with Crippen molar-refractivity contribution in [2.75, 3.05) is 20.2 Å². The number of rotatable bonds is 3. The standard InChI is InChI=1S/C13H17NO2/c1-15-11-4-2-10(3-5-11)7-14-8-12-6-13(9-14)16-12/h2-5,12-13H,6-9H2,1H3/t12-,13+. The highest BCUT2D eigenvalue weighted by Crippen LogP contribution is 2.28. The van der Waals surface area contributed by atoms with Gasteiger partial charge in [0, 0.05) is 26.1 Å². The Kier molecular flexibility index (Phi) is 2.58. The van der Waals surface area contributed by atoms with Crippen LogP contribution in [-0.4, -0.2) is 37.3 Å². The normalized spacial score (nSPS) is 28.6. The van der Waals surface area contributed by atoms with Gasteiger partial charge in [0.2, 0.25) is 0 Å². The molecule has 0 aliphatic carbocycles. The molecular weight excluding hydrogens is 202 g/mol. The van der Waals surface area contributed by atoms with Gasteiger partial charge in [0.1, 0.15) is 5.75 Å². The van der Waals surface area contributed by atoms with Crippen LogP contribution in [0.25, 0.3) is 0 Å². The number of ether oxygens (including phenoxy) is 2. The minimum Gasteiger partial charge on any atom is -0.497 e. The van der Waals surface area contributed by atoms with E-state index in [0.717, 1.165) is 25.4 Å². The van der Waals surface area contributed by atoms with Crippen LogP contribution in [0.15, 0.2) is 24.3 Å². The molecule has 0 unspecified atom stereocenters. The summed E-state index contributed by atoms with van der Waals surface area (Å²) in [7, 11) is 1.70. The van der Waals surface area contributed by atoms with Gasteiger partial charge in [-0.25, -0.2) is 0 Å². The molecule has 0 N–H and O–H groups in total. The van der Waals surface area contributed by atoms with Crippen molar-refractivity contribution in [1.29, 1.82) is 0 Å². The van der Waals surface area contributed by atoms with Gasteiger partial charge in [-0.3, -0.25) is 4.90 Å². The van der Waals surface area contributed by atoms with Crippen LogP contribution < -0.4 is 4.74 Å². The summed E-state index contributed by atoms with van der Waals surface area (Å²) >= 11 is 0. The number of fused-ring (bicyclic) bond motifs is 2. The van der Waals surface area contributed by atoms with Crippen molar-refractivity contribution in [2.24, 2.45) is 0 Å². The number of hydrogen-bond donors (Lipinski definition) is 0. The van der Waals surface area contributed by atoms with Crippen molar-refractivity contribution in [3.05, 3.63) is 29.8 Å². The Labute approximate surface area is 96.0 Å². The SMILES string of the molecule is COc1ccc(CN2C[C@H]3C[C@@H](C2)O3)cc1. The summed E-state index contributed by atoms with van der Waals surface area (Å²) in [5, 5.41) is 0. The predicted octanol–water partition coefficient (Wildman–Crippen LogP) is 1.67. The van der Waals surface area contributed by atoms with Gasteiger partial charge in [0.05, 0.1) is 19.3 Å². The van der Waals surface area contributed by atoms with E-state index >= 15 is 0 Å². The van der Waals surface area contributed by atoms with E-state index < -0.39 is 0 Å². The molecule has 86 valence electrons. The molecule has 0 aromatic heterocycles. The average Bonchev–Trinajstić information content (AvgIpc) is 2.29. The monoisotopic (exact) mass is 219 g/mol. The molecule has 1 aromatic carbocycles. The second-order valence-electron chi connectivity index (χ2n) is 4.66. The summed E-state index contributed by atoms with van der Waals surface area (Å²) < 4.78 is 10.8. The second-order valence-corrected chi connectivity index (χ2v) is 4.66. The Bertz CT molecular complexity index is 347. The molecule has 0 saturated carbocycles. The Morgan fingerprint density at radius 2 is 1.88 bits per heavy atom. The highest BCUT2D eigenvalue weighted by atomic mass is 16.5. The van der Waals surface area contributed by atoms with Gasteiger partial charge in [0.15, 0.2) is 0 Å². The van der Waals surface area contributed by atoms with Crippen molar-refractivity contribution < 1.29 is 9.47 Å². The minimum atomic E-state index is 0.497. The van der Waals surface area contributed by atoms with Crippen molar-refractivity contribution in [2.45, 2.75) is 25.2 Å². The van der Waals surface area contributed by atoms with Gasteiger partial charge >= 0.3 is 0 Å². The van der Waals surface area contributed by atoms with Crippen LogP contribution in [0, 0.1) is 0 Å². The van der Waals surface area contributed by atoms with Gasteiger partial charge in [-0.2, -0.15) is 0 Å². The Hall–Kier alpha value is -1.06. The fourth-order valence-electron chi connectivity index (χ4n) is 2.56. The fourth-order valence-corrected chi connectivity index (χ4v) is 2.56. The topological polar surface area (TPSA) is 21.7 Å². The molecule has 3 fully saturated rings. The maximum atomic E-state index is 5.62. The summed E-state index contributed by atoms with van der Waals surface area (Å²) in [6.45, 7) is 3.20. The lowest BCUT2D eigenvalue weighted by molar-refractivity contribution is -0.182. The molecule has 3 heterocycles. The van der Waals surface area contributed by atoms with Crippen molar-refractivity contribution >= 4 is 0 Å². The number of piperidine rings is 1. The van der Waals surface area contributed by atoms with Crippen molar-refractivity contribution in [3.63, 3.8) is 0 Å². The Morgan fingerprint density at radius 1 is 1.25 bits per heavy atom. The minimum absolute atomic E-state index is 0.497. The van der Waals surface area contributed by atoms with E-state index in [9.17, 15) is 0 Å². The molecule has 3 aliphatic heterocycles. The molecule has 2 atom stereocenters. The molecule has 0 spiro atoms. The molecule has 0 amide bonds. The second kappa shape index (κ2) is 4.07. The largest absolute Gasteiger partial charge is 0.497 e. The highest BCUT2D eigenvalue weighted by Gasteiger charge is 2.37. The van der Waals surface area contributed by atoms with Gasteiger partial charge in [-0.15, -0.1) is 0 Å². The van der Waals surface area contributed by atoms with E-state index in [1.165, 1.54) is 12.0 Å². The maximum absolute atomic E-state index is 5.62. The summed E-state index contributed by atoms with van der Waals surface area (Å²) in [5.74, 6) is 0.925. The Morgan fingerprint density at radius 3 is 2.44 bits per heavy atom. The van der Waals surface area contributed by atoms with E-state index in [1.54, 1.807) is 7.11 Å². The van der Waals surface area contributed by atoms with E-state index in [-0.39, 0.29) is 0 Å². The number of morpholine rings is 1. The van der Waals surface area contributed by atoms with Gasteiger partial charge in [-0.1, -0.05) is 12.1 Å². The summed E-state index contributed by atoms with van der Waals surface area (Å²) in [6, 6.07) is 8.33. The summed E-state index contributed by atoms with van der Waals surface area (Å²) in [5.41, 5.74) is 1.35. The lowest BCUT2D eigenvalue weighted by atomic mass is 9.98. The first-order valence-corrected chi connectivity index (χ1v) is 5.84. The first-order chi connectivity index (χ1) is 7.83. The smallest absolute Gasteiger partial charge is 0.118 e. The molecule has 1 aromatic rings. The van der Waals surface area contributed by atoms with E-state index in [2.05, 4.69) is 17.0 Å². The van der Waals surface area contributed by atoms with Crippen LogP contribution >= 0.6 is 0 Å². The average molecular weight is 219 g/mol. The van der Waals surface area contributed by atoms with E-state index in [0.29, 0.717) is 12.2 Å². The molecule has 3 nitrogen and oxygen atoms in total. The quantitative estimate of drug-likeness (QED) is 0.772. The number of methoxy groups -OCH3 is 1. The van der Waals surface area contributed by atoms with Crippen LogP contribution in [-0.2, 0) is 11.3 Å². The van der Waals surface area contributed by atoms with Crippen LogP contribution in [0.2, 0.25) is 0 Å². The third kappa shape index (κ3) is 1.93. The molecule has 0 radical (unpaired) electrons. The zero-order valence-electron chi connectivity index (χ0n) is 9.56. The molecule has 16 heavy (non-hydrogen) atoms. The molecular formula is C13H17NO2. The Balaban J connectivity index is 1.60. The molecule has 3 saturated heterocycles. The lowest BCUT2D eigenvalue weighted by Gasteiger charge is -2.47. The predicted molar refractivity (Wildman–Crippen MR) is 61.5 cm³/mol. The van der Waals surface area contributed by atoms with Gasteiger partial charge in [-0.05, 0) is 17.7 Å². The van der Waals surface area contributed by atoms with Crippen LogP contribution in [0.5, 0.6) is 5.75 Å². The van der Waals surface area contributed by atoms with E-state index in [1.807, 2.05) is 12.1 Å². The number of hydrogen-bond acceptors (Lipinski definition) is 3. The summed E-state index contributed by atoms with van der Waals surface area (Å²) in [4.78, 5) is 2.48. The van der Waals surface area contributed by atoms with Gasteiger partial charge in [0.25, 0.3) is 0 Å². The molecule has 4 rings (SSSR count). The molecule has 3 heteroatoms. The fraction of sp³-hybridized carbons (Fsp3) is 0.538. The first-order valence-electron chi connectivity index (χ1n) is 5.84. The third-order valence-electron chi connectivity index (χ3n) is 3.40.